The Hall–Kier alpha value is -3.52. The molecule has 8 nitrogen and oxygen atoms in total. The summed E-state index contributed by atoms with van der Waals surface area (Å²) in [6.45, 7) is 5.25. The molecule has 3 aromatic heterocycles. The number of aryl methyl sites for hydroxylation is 2. The third kappa shape index (κ3) is 3.46. The van der Waals surface area contributed by atoms with Crippen LogP contribution in [0.25, 0.3) is 22.4 Å². The molecule has 1 saturated heterocycles. The van der Waals surface area contributed by atoms with Gasteiger partial charge in [-0.1, -0.05) is 28.9 Å². The van der Waals surface area contributed by atoms with E-state index in [0.29, 0.717) is 47.4 Å². The van der Waals surface area contributed by atoms with Crippen molar-refractivity contribution in [2.24, 2.45) is 0 Å². The van der Waals surface area contributed by atoms with Crippen LogP contribution in [0.1, 0.15) is 34.8 Å². The minimum absolute atomic E-state index is 0.0717. The number of halogens is 1. The van der Waals surface area contributed by atoms with Crippen molar-refractivity contribution in [3.05, 3.63) is 75.0 Å². The van der Waals surface area contributed by atoms with Crippen molar-refractivity contribution in [1.82, 2.24) is 24.6 Å². The smallest absolute Gasteiger partial charge is 0.259 e. The predicted molar refractivity (Wildman–Crippen MR) is 120 cm³/mol. The van der Waals surface area contributed by atoms with Gasteiger partial charge in [-0.05, 0) is 38.1 Å². The number of carbonyl (C=O) groups excluding carboxylic acids is 1. The Morgan fingerprint density at radius 2 is 2.03 bits per heavy atom. The largest absolute Gasteiger partial charge is 0.339 e. The van der Waals surface area contributed by atoms with Crippen molar-refractivity contribution < 1.29 is 9.32 Å². The molecule has 0 atom stereocenters. The molecule has 1 aliphatic heterocycles. The number of rotatable bonds is 4. The molecule has 1 aromatic carbocycles. The van der Waals surface area contributed by atoms with E-state index in [1.54, 1.807) is 35.4 Å². The highest BCUT2D eigenvalue weighted by Crippen LogP contribution is 2.29. The second-order valence-electron chi connectivity index (χ2n) is 7.86. The fourth-order valence-electron chi connectivity index (χ4n) is 3.87. The predicted octanol–water partition coefficient (Wildman–Crippen LogP) is 3.67. The highest BCUT2D eigenvalue weighted by molar-refractivity contribution is 6.30. The number of likely N-dealkylation sites (tertiary alicyclic amines) is 1. The number of aromatic nitrogens is 4. The summed E-state index contributed by atoms with van der Waals surface area (Å²) in [4.78, 5) is 36.6. The lowest BCUT2D eigenvalue weighted by Crippen LogP contribution is -2.49. The van der Waals surface area contributed by atoms with Crippen LogP contribution in [0.15, 0.2) is 51.9 Å². The van der Waals surface area contributed by atoms with Crippen molar-refractivity contribution in [2.75, 3.05) is 13.1 Å². The van der Waals surface area contributed by atoms with E-state index in [-0.39, 0.29) is 22.8 Å². The lowest BCUT2D eigenvalue weighted by atomic mass is 9.98. The SMILES string of the molecule is CCn1cc(C(=O)N2CC(c3nc(-c4cccc(Cl)c4)no3)C2)c(=O)c2ccc(C)nc21. The van der Waals surface area contributed by atoms with Crippen molar-refractivity contribution in [3.8, 4) is 11.4 Å². The quantitative estimate of drug-likeness (QED) is 0.472. The Morgan fingerprint density at radius 3 is 2.78 bits per heavy atom. The molecular weight excluding hydrogens is 430 g/mol. The number of nitrogens with zero attached hydrogens (tertiary/aromatic N) is 5. The molecule has 0 bridgehead atoms. The molecule has 162 valence electrons. The summed E-state index contributed by atoms with van der Waals surface area (Å²) in [7, 11) is 0. The van der Waals surface area contributed by atoms with Crippen LogP contribution in [0.3, 0.4) is 0 Å². The van der Waals surface area contributed by atoms with Gasteiger partial charge in [0.1, 0.15) is 11.2 Å². The van der Waals surface area contributed by atoms with Gasteiger partial charge in [-0.25, -0.2) is 4.98 Å². The third-order valence-electron chi connectivity index (χ3n) is 5.67. The number of carbonyl (C=O) groups is 1. The zero-order valence-electron chi connectivity index (χ0n) is 17.6. The number of fused-ring (bicyclic) bond motifs is 1. The second-order valence-corrected chi connectivity index (χ2v) is 8.29. The average Bonchev–Trinajstić information content (AvgIpc) is 3.22. The first-order chi connectivity index (χ1) is 15.4. The molecule has 0 aliphatic carbocycles. The molecule has 1 fully saturated rings. The van der Waals surface area contributed by atoms with Crippen molar-refractivity contribution in [3.63, 3.8) is 0 Å². The van der Waals surface area contributed by atoms with Crippen LogP contribution in [0.4, 0.5) is 0 Å². The van der Waals surface area contributed by atoms with Crippen molar-refractivity contribution in [1.29, 1.82) is 0 Å². The molecule has 0 saturated carbocycles. The highest BCUT2D eigenvalue weighted by Gasteiger charge is 2.37. The van der Waals surface area contributed by atoms with Gasteiger partial charge in [0.2, 0.25) is 17.1 Å². The van der Waals surface area contributed by atoms with Gasteiger partial charge in [-0.2, -0.15) is 4.98 Å². The Bertz CT molecular complexity index is 1400. The maximum absolute atomic E-state index is 13.1. The Morgan fingerprint density at radius 1 is 1.22 bits per heavy atom. The normalized spacial score (nSPS) is 14.0. The van der Waals surface area contributed by atoms with Gasteiger partial charge in [0.05, 0.1) is 11.3 Å². The van der Waals surface area contributed by atoms with Gasteiger partial charge in [-0.15, -0.1) is 0 Å². The molecule has 5 rings (SSSR count). The molecule has 1 aliphatic rings. The van der Waals surface area contributed by atoms with Crippen LogP contribution in [0, 0.1) is 6.92 Å². The molecule has 9 heteroatoms. The molecule has 1 amide bonds. The lowest BCUT2D eigenvalue weighted by molar-refractivity contribution is 0.0567. The maximum Gasteiger partial charge on any atom is 0.259 e. The first kappa shape index (κ1) is 20.4. The summed E-state index contributed by atoms with van der Waals surface area (Å²) < 4.78 is 7.25. The number of benzene rings is 1. The monoisotopic (exact) mass is 449 g/mol. The molecule has 4 aromatic rings. The van der Waals surface area contributed by atoms with Gasteiger partial charge < -0.3 is 14.0 Å². The van der Waals surface area contributed by atoms with Crippen LogP contribution in [-0.4, -0.2) is 43.6 Å². The minimum atomic E-state index is -0.300. The maximum atomic E-state index is 13.1. The lowest BCUT2D eigenvalue weighted by Gasteiger charge is -2.37. The zero-order valence-corrected chi connectivity index (χ0v) is 18.3. The molecule has 0 unspecified atom stereocenters. The molecule has 0 spiro atoms. The topological polar surface area (TPSA) is 94.1 Å². The first-order valence-corrected chi connectivity index (χ1v) is 10.7. The fourth-order valence-corrected chi connectivity index (χ4v) is 4.06. The van der Waals surface area contributed by atoms with Gasteiger partial charge in [0, 0.05) is 42.1 Å². The second kappa shape index (κ2) is 7.87. The molecular formula is C23H20ClN5O3. The van der Waals surface area contributed by atoms with Crippen LogP contribution in [0.5, 0.6) is 0 Å². The van der Waals surface area contributed by atoms with Crippen LogP contribution < -0.4 is 5.43 Å². The molecule has 0 N–H and O–H groups in total. The highest BCUT2D eigenvalue weighted by atomic mass is 35.5. The van der Waals surface area contributed by atoms with Gasteiger partial charge in [-0.3, -0.25) is 9.59 Å². The number of hydrogen-bond donors (Lipinski definition) is 0. The molecule has 32 heavy (non-hydrogen) atoms. The summed E-state index contributed by atoms with van der Waals surface area (Å²) >= 11 is 6.03. The molecule has 0 radical (unpaired) electrons. The summed E-state index contributed by atoms with van der Waals surface area (Å²) in [5.74, 6) is 0.548. The van der Waals surface area contributed by atoms with Gasteiger partial charge in [0.25, 0.3) is 5.91 Å². The minimum Gasteiger partial charge on any atom is -0.339 e. The zero-order chi connectivity index (χ0) is 22.4. The summed E-state index contributed by atoms with van der Waals surface area (Å²) in [6, 6.07) is 10.7. The molecule has 4 heterocycles. The fraction of sp³-hybridized carbons (Fsp3) is 0.261. The number of hydrogen-bond acceptors (Lipinski definition) is 6. The van der Waals surface area contributed by atoms with E-state index in [0.717, 1.165) is 11.3 Å². The van der Waals surface area contributed by atoms with Gasteiger partial charge in [0.15, 0.2) is 0 Å². The van der Waals surface area contributed by atoms with Crippen LogP contribution >= 0.6 is 11.6 Å². The third-order valence-corrected chi connectivity index (χ3v) is 5.91. The number of pyridine rings is 2. The Balaban J connectivity index is 1.36. The van der Waals surface area contributed by atoms with E-state index in [2.05, 4.69) is 15.1 Å². The van der Waals surface area contributed by atoms with Crippen LogP contribution in [0.2, 0.25) is 5.02 Å². The van der Waals surface area contributed by atoms with E-state index in [1.807, 2.05) is 30.5 Å². The van der Waals surface area contributed by atoms with E-state index in [1.165, 1.54) is 0 Å². The van der Waals surface area contributed by atoms with E-state index >= 15 is 0 Å². The Labute approximate surface area is 188 Å². The average molecular weight is 450 g/mol. The summed E-state index contributed by atoms with van der Waals surface area (Å²) in [6.07, 6.45) is 1.61. The summed E-state index contributed by atoms with van der Waals surface area (Å²) in [5.41, 5.74) is 2.02. The van der Waals surface area contributed by atoms with Crippen molar-refractivity contribution >= 4 is 28.5 Å². The van der Waals surface area contributed by atoms with Crippen LogP contribution in [-0.2, 0) is 6.54 Å². The Kier molecular flexibility index (Phi) is 5.01. The van der Waals surface area contributed by atoms with Crippen molar-refractivity contribution in [2.45, 2.75) is 26.3 Å². The van der Waals surface area contributed by atoms with Gasteiger partial charge >= 0.3 is 0 Å². The first-order valence-electron chi connectivity index (χ1n) is 10.3. The summed E-state index contributed by atoms with van der Waals surface area (Å²) in [5, 5.41) is 5.07. The number of amides is 1. The standard InChI is InChI=1S/C23H20ClN5O3/c1-3-28-12-18(19(30)17-8-7-13(2)25-21(17)28)23(31)29-10-15(11-29)22-26-20(27-32-22)14-5-4-6-16(24)9-14/h4-9,12,15H,3,10-11H2,1-2H3. The van der Waals surface area contributed by atoms with E-state index < -0.39 is 0 Å². The van der Waals surface area contributed by atoms with E-state index in [9.17, 15) is 9.59 Å². The van der Waals surface area contributed by atoms with E-state index in [4.69, 9.17) is 16.1 Å².